The second-order valence-electron chi connectivity index (χ2n) is 4.04. The summed E-state index contributed by atoms with van der Waals surface area (Å²) in [6.07, 6.45) is 5.30. The Hall–Kier alpha value is -1.70. The molecule has 0 atom stereocenters. The van der Waals surface area contributed by atoms with Gasteiger partial charge < -0.3 is 0 Å². The summed E-state index contributed by atoms with van der Waals surface area (Å²) in [5.41, 5.74) is 0. The summed E-state index contributed by atoms with van der Waals surface area (Å²) in [6, 6.07) is 3.95. The maximum atomic E-state index is 12.5. The molecule has 3 rings (SSSR count). The van der Waals surface area contributed by atoms with Crippen molar-refractivity contribution >= 4 is 56.7 Å². The molecule has 4 nitrogen and oxygen atoms in total. The van der Waals surface area contributed by atoms with Crippen LogP contribution in [0.25, 0.3) is 6.08 Å². The molecule has 0 bridgehead atoms. The van der Waals surface area contributed by atoms with Crippen LogP contribution in [0.1, 0.15) is 4.88 Å². The second-order valence-corrected chi connectivity index (χ2v) is 6.90. The van der Waals surface area contributed by atoms with E-state index in [1.165, 1.54) is 23.1 Å². The van der Waals surface area contributed by atoms with Gasteiger partial charge in [-0.1, -0.05) is 12.1 Å². The lowest BCUT2D eigenvalue weighted by atomic mass is 10.3. The van der Waals surface area contributed by atoms with Crippen LogP contribution in [0.3, 0.4) is 0 Å². The van der Waals surface area contributed by atoms with Crippen LogP contribution >= 0.6 is 34.4 Å². The number of thioether (sulfide) groups is 1. The highest BCUT2D eigenvalue weighted by Crippen LogP contribution is 2.34. The van der Waals surface area contributed by atoms with Crippen molar-refractivity contribution in [3.63, 3.8) is 0 Å². The van der Waals surface area contributed by atoms with Crippen LogP contribution in [-0.4, -0.2) is 27.5 Å². The zero-order valence-electron chi connectivity index (χ0n) is 10.9. The van der Waals surface area contributed by atoms with Gasteiger partial charge in [-0.05, 0) is 29.3 Å². The highest BCUT2D eigenvalue weighted by Gasteiger charge is 2.32. The van der Waals surface area contributed by atoms with Gasteiger partial charge in [0.05, 0.1) is 4.91 Å². The van der Waals surface area contributed by atoms with E-state index in [-0.39, 0.29) is 5.91 Å². The van der Waals surface area contributed by atoms with E-state index in [2.05, 4.69) is 16.6 Å². The Kier molecular flexibility index (Phi) is 4.33. The van der Waals surface area contributed by atoms with Crippen molar-refractivity contribution < 1.29 is 4.79 Å². The summed E-state index contributed by atoms with van der Waals surface area (Å²) in [5, 5.41) is 5.15. The molecule has 7 heteroatoms. The standard InChI is InChI=1S/C14H11N3OS3/c1-2-6-17-12(18)11(9-10-4-3-7-19-10)21-14(17)16-13-15-5-8-20-13/h2-5,7-9H,1,6H2/b11-9+,16-14+. The Morgan fingerprint density at radius 3 is 2.95 bits per heavy atom. The largest absolute Gasteiger partial charge is 0.282 e. The normalized spacial score (nSPS) is 18.9. The lowest BCUT2D eigenvalue weighted by molar-refractivity contribution is -0.121. The van der Waals surface area contributed by atoms with Crippen LogP contribution in [0.15, 0.2) is 51.6 Å². The molecule has 1 aliphatic rings. The second kappa shape index (κ2) is 6.38. The Bertz CT molecular complexity index is 702. The number of aliphatic imine (C=N–C) groups is 1. The molecule has 0 radical (unpaired) electrons. The van der Waals surface area contributed by atoms with Crippen LogP contribution in [0, 0.1) is 0 Å². The molecule has 1 aliphatic heterocycles. The molecule has 0 aliphatic carbocycles. The molecule has 0 spiro atoms. The molecule has 0 aromatic carbocycles. The van der Waals surface area contributed by atoms with Gasteiger partial charge in [-0.2, -0.15) is 4.99 Å². The number of nitrogens with zero attached hydrogens (tertiary/aromatic N) is 3. The van der Waals surface area contributed by atoms with Crippen molar-refractivity contribution in [2.45, 2.75) is 0 Å². The van der Waals surface area contributed by atoms with Crippen LogP contribution in [0.2, 0.25) is 0 Å². The summed E-state index contributed by atoms with van der Waals surface area (Å²) in [6.45, 7) is 4.14. The first kappa shape index (κ1) is 14.2. The van der Waals surface area contributed by atoms with E-state index >= 15 is 0 Å². The van der Waals surface area contributed by atoms with E-state index in [1.54, 1.807) is 28.5 Å². The molecule has 1 fully saturated rings. The highest BCUT2D eigenvalue weighted by atomic mass is 32.2. The number of carbonyl (C=O) groups excluding carboxylic acids is 1. The Balaban J connectivity index is 1.93. The van der Waals surface area contributed by atoms with Gasteiger partial charge in [-0.3, -0.25) is 9.69 Å². The molecule has 21 heavy (non-hydrogen) atoms. The van der Waals surface area contributed by atoms with Gasteiger partial charge in [0.2, 0.25) is 5.13 Å². The van der Waals surface area contributed by atoms with E-state index in [9.17, 15) is 4.79 Å². The number of hydrogen-bond acceptors (Lipinski definition) is 6. The number of amidine groups is 1. The van der Waals surface area contributed by atoms with Gasteiger partial charge in [0.25, 0.3) is 5.91 Å². The fourth-order valence-electron chi connectivity index (χ4n) is 1.74. The van der Waals surface area contributed by atoms with E-state index in [1.807, 2.05) is 29.0 Å². The zero-order valence-corrected chi connectivity index (χ0v) is 13.4. The average Bonchev–Trinajstić information content (AvgIpc) is 3.19. The monoisotopic (exact) mass is 333 g/mol. The van der Waals surface area contributed by atoms with Crippen molar-refractivity contribution in [2.75, 3.05) is 6.54 Å². The fraction of sp³-hybridized carbons (Fsp3) is 0.0714. The van der Waals surface area contributed by atoms with Gasteiger partial charge in [0.1, 0.15) is 0 Å². The number of thiophene rings is 1. The smallest absolute Gasteiger partial charge is 0.267 e. The van der Waals surface area contributed by atoms with Crippen LogP contribution in [0.5, 0.6) is 0 Å². The topological polar surface area (TPSA) is 45.6 Å². The minimum absolute atomic E-state index is 0.0383. The lowest BCUT2D eigenvalue weighted by Crippen LogP contribution is -2.29. The Labute approximate surface area is 134 Å². The van der Waals surface area contributed by atoms with Crippen molar-refractivity contribution in [2.24, 2.45) is 4.99 Å². The highest BCUT2D eigenvalue weighted by molar-refractivity contribution is 8.18. The number of carbonyl (C=O) groups is 1. The first-order valence-electron chi connectivity index (χ1n) is 6.12. The number of thiazole rings is 1. The van der Waals surface area contributed by atoms with E-state index in [4.69, 9.17) is 0 Å². The van der Waals surface area contributed by atoms with E-state index < -0.39 is 0 Å². The molecule has 1 amide bonds. The predicted octanol–water partition coefficient (Wildman–Crippen LogP) is 3.99. The van der Waals surface area contributed by atoms with Gasteiger partial charge in [-0.25, -0.2) is 4.98 Å². The maximum absolute atomic E-state index is 12.5. The van der Waals surface area contributed by atoms with Crippen LogP contribution in [0.4, 0.5) is 5.13 Å². The van der Waals surface area contributed by atoms with Gasteiger partial charge in [0.15, 0.2) is 5.17 Å². The van der Waals surface area contributed by atoms with Gasteiger partial charge >= 0.3 is 0 Å². The van der Waals surface area contributed by atoms with E-state index in [0.717, 1.165) is 4.88 Å². The average molecular weight is 333 g/mol. The van der Waals surface area contributed by atoms with Crippen molar-refractivity contribution in [1.82, 2.24) is 9.88 Å². The third-order valence-electron chi connectivity index (χ3n) is 2.63. The molecule has 106 valence electrons. The van der Waals surface area contributed by atoms with Gasteiger partial charge in [-0.15, -0.1) is 29.3 Å². The summed E-state index contributed by atoms with van der Waals surface area (Å²) in [7, 11) is 0. The molecular formula is C14H11N3OS3. The van der Waals surface area contributed by atoms with Crippen LogP contribution in [-0.2, 0) is 4.79 Å². The van der Waals surface area contributed by atoms with Crippen molar-refractivity contribution in [3.05, 3.63) is 51.5 Å². The minimum atomic E-state index is -0.0383. The van der Waals surface area contributed by atoms with E-state index in [0.29, 0.717) is 21.7 Å². The fourth-order valence-corrected chi connectivity index (χ4v) is 4.01. The third-order valence-corrected chi connectivity index (χ3v) is 5.12. The Morgan fingerprint density at radius 2 is 2.29 bits per heavy atom. The maximum Gasteiger partial charge on any atom is 0.267 e. The summed E-state index contributed by atoms with van der Waals surface area (Å²) in [4.78, 5) is 24.4. The van der Waals surface area contributed by atoms with Crippen LogP contribution < -0.4 is 0 Å². The summed E-state index contributed by atoms with van der Waals surface area (Å²) in [5.74, 6) is -0.0383. The molecule has 0 N–H and O–H groups in total. The molecule has 1 saturated heterocycles. The first-order chi connectivity index (χ1) is 10.3. The number of aromatic nitrogens is 1. The molecule has 2 aromatic heterocycles. The lowest BCUT2D eigenvalue weighted by Gasteiger charge is -2.11. The predicted molar refractivity (Wildman–Crippen MR) is 91.0 cm³/mol. The molecule has 0 unspecified atom stereocenters. The van der Waals surface area contributed by atoms with Gasteiger partial charge in [0, 0.05) is 23.0 Å². The quantitative estimate of drug-likeness (QED) is 0.628. The molecule has 0 saturated carbocycles. The number of amides is 1. The summed E-state index contributed by atoms with van der Waals surface area (Å²) >= 11 is 4.42. The SMILES string of the molecule is C=CCN1C(=O)/C(=C\c2cccs2)S/C1=N/c1nccs1. The van der Waals surface area contributed by atoms with Crippen molar-refractivity contribution in [1.29, 1.82) is 0 Å². The third kappa shape index (κ3) is 3.15. The number of rotatable bonds is 4. The molecule has 2 aromatic rings. The molecular weight excluding hydrogens is 322 g/mol. The summed E-state index contributed by atoms with van der Waals surface area (Å²) < 4.78 is 0. The van der Waals surface area contributed by atoms with Crippen molar-refractivity contribution in [3.8, 4) is 0 Å². The number of hydrogen-bond donors (Lipinski definition) is 0. The minimum Gasteiger partial charge on any atom is -0.282 e. The Morgan fingerprint density at radius 1 is 1.38 bits per heavy atom. The molecule has 3 heterocycles. The zero-order chi connectivity index (χ0) is 14.7. The first-order valence-corrected chi connectivity index (χ1v) is 8.69.